The summed E-state index contributed by atoms with van der Waals surface area (Å²) in [5.74, 6) is -0.441. The Labute approximate surface area is 112 Å². The van der Waals surface area contributed by atoms with Gasteiger partial charge in [0.15, 0.2) is 5.82 Å². The Balaban J connectivity index is 2.42. The van der Waals surface area contributed by atoms with Crippen LogP contribution in [-0.2, 0) is 4.74 Å². The topological polar surface area (TPSA) is 38.5 Å². The molecule has 1 aliphatic heterocycles. The van der Waals surface area contributed by atoms with Gasteiger partial charge in [-0.15, -0.1) is 0 Å². The summed E-state index contributed by atoms with van der Waals surface area (Å²) in [6, 6.07) is 3.27. The van der Waals surface area contributed by atoms with E-state index in [9.17, 15) is 4.39 Å². The van der Waals surface area contributed by atoms with Crippen molar-refractivity contribution in [2.75, 3.05) is 23.8 Å². The smallest absolute Gasteiger partial charge is 0.167 e. The number of hydrogen-bond acceptors (Lipinski definition) is 3. The maximum absolute atomic E-state index is 14.2. The first-order valence-corrected chi connectivity index (χ1v) is 6.54. The molecule has 2 N–H and O–H groups in total. The Morgan fingerprint density at radius 2 is 2.28 bits per heavy atom. The second-order valence-corrected chi connectivity index (χ2v) is 5.06. The monoisotopic (exact) mass is 272 g/mol. The summed E-state index contributed by atoms with van der Waals surface area (Å²) in [4.78, 5) is 1.98. The van der Waals surface area contributed by atoms with Gasteiger partial charge in [-0.3, -0.25) is 0 Å². The van der Waals surface area contributed by atoms with E-state index in [1.165, 1.54) is 6.07 Å². The van der Waals surface area contributed by atoms with Gasteiger partial charge in [0.1, 0.15) is 0 Å². The second-order valence-electron chi connectivity index (χ2n) is 4.66. The van der Waals surface area contributed by atoms with Gasteiger partial charge < -0.3 is 15.4 Å². The molecule has 18 heavy (non-hydrogen) atoms. The lowest BCUT2D eigenvalue weighted by atomic mass is 10.1. The van der Waals surface area contributed by atoms with Crippen LogP contribution in [0.15, 0.2) is 12.1 Å². The maximum Gasteiger partial charge on any atom is 0.167 e. The van der Waals surface area contributed by atoms with E-state index in [2.05, 4.69) is 6.92 Å². The number of anilines is 2. The summed E-state index contributed by atoms with van der Waals surface area (Å²) in [5.41, 5.74) is 6.73. The van der Waals surface area contributed by atoms with E-state index in [-0.39, 0.29) is 17.2 Å². The summed E-state index contributed by atoms with van der Waals surface area (Å²) < 4.78 is 19.8. The van der Waals surface area contributed by atoms with Gasteiger partial charge in [0.25, 0.3) is 0 Å². The molecule has 0 spiro atoms. The van der Waals surface area contributed by atoms with E-state index >= 15 is 0 Å². The summed E-state index contributed by atoms with van der Waals surface area (Å²) >= 11 is 5.84. The molecule has 1 aromatic rings. The van der Waals surface area contributed by atoms with Crippen molar-refractivity contribution in [3.05, 3.63) is 23.0 Å². The molecule has 1 aromatic carbocycles. The van der Waals surface area contributed by atoms with Crippen molar-refractivity contribution >= 4 is 23.0 Å². The molecule has 0 aliphatic carbocycles. The molecule has 0 bridgehead atoms. The van der Waals surface area contributed by atoms with Crippen molar-refractivity contribution in [1.82, 2.24) is 0 Å². The minimum absolute atomic E-state index is 0.0607. The number of benzene rings is 1. The molecule has 1 saturated heterocycles. The average molecular weight is 273 g/mol. The van der Waals surface area contributed by atoms with Crippen LogP contribution in [0.25, 0.3) is 0 Å². The molecule has 1 heterocycles. The number of halogens is 2. The Kier molecular flexibility index (Phi) is 3.97. The van der Waals surface area contributed by atoms with Crippen LogP contribution < -0.4 is 10.6 Å². The van der Waals surface area contributed by atoms with Gasteiger partial charge in [0.2, 0.25) is 0 Å². The van der Waals surface area contributed by atoms with E-state index < -0.39 is 5.82 Å². The number of nitrogens with zero attached hydrogens (tertiary/aromatic N) is 1. The molecule has 0 radical (unpaired) electrons. The van der Waals surface area contributed by atoms with Gasteiger partial charge in [-0.1, -0.05) is 18.5 Å². The minimum atomic E-state index is -0.441. The molecule has 1 aliphatic rings. The van der Waals surface area contributed by atoms with E-state index in [1.807, 2.05) is 11.8 Å². The Bertz CT molecular complexity index is 441. The van der Waals surface area contributed by atoms with Crippen LogP contribution in [0.5, 0.6) is 0 Å². The Hall–Kier alpha value is -1.000. The third kappa shape index (κ3) is 2.40. The fourth-order valence-corrected chi connectivity index (χ4v) is 2.46. The fourth-order valence-electron chi connectivity index (χ4n) is 2.30. The van der Waals surface area contributed by atoms with Crippen LogP contribution in [-0.4, -0.2) is 25.3 Å². The molecule has 2 atom stereocenters. The zero-order valence-corrected chi connectivity index (χ0v) is 11.4. The molecule has 0 amide bonds. The van der Waals surface area contributed by atoms with E-state index in [0.717, 1.165) is 6.42 Å². The predicted molar refractivity (Wildman–Crippen MR) is 72.7 cm³/mol. The third-order valence-electron chi connectivity index (χ3n) is 3.33. The Morgan fingerprint density at radius 1 is 1.56 bits per heavy atom. The summed E-state index contributed by atoms with van der Waals surface area (Å²) in [6.07, 6.45) is 0.934. The number of nitrogens with two attached hydrogens (primary N) is 1. The molecule has 5 heteroatoms. The zero-order chi connectivity index (χ0) is 13.3. The van der Waals surface area contributed by atoms with Crippen molar-refractivity contribution in [2.24, 2.45) is 0 Å². The van der Waals surface area contributed by atoms with E-state index in [1.54, 1.807) is 6.07 Å². The zero-order valence-electron chi connectivity index (χ0n) is 10.6. The molecule has 1 fully saturated rings. The van der Waals surface area contributed by atoms with Crippen molar-refractivity contribution in [1.29, 1.82) is 0 Å². The first-order chi connectivity index (χ1) is 8.54. The van der Waals surface area contributed by atoms with E-state index in [0.29, 0.717) is 24.5 Å². The minimum Gasteiger partial charge on any atom is -0.397 e. The Morgan fingerprint density at radius 3 is 2.94 bits per heavy atom. The molecule has 0 saturated carbocycles. The maximum atomic E-state index is 14.2. The number of nitrogen functional groups attached to an aromatic ring is 1. The molecular weight excluding hydrogens is 255 g/mol. The fraction of sp³-hybridized carbons (Fsp3) is 0.538. The highest BCUT2D eigenvalue weighted by Crippen LogP contribution is 2.35. The van der Waals surface area contributed by atoms with Gasteiger partial charge in [-0.25, -0.2) is 4.39 Å². The normalized spacial score (nSPS) is 24.3. The summed E-state index contributed by atoms with van der Waals surface area (Å²) in [7, 11) is 0. The lowest BCUT2D eigenvalue weighted by Gasteiger charge is -2.40. The van der Waals surface area contributed by atoms with Gasteiger partial charge in [0, 0.05) is 6.54 Å². The second kappa shape index (κ2) is 5.33. The molecule has 2 unspecified atom stereocenters. The number of morpholine rings is 1. The lowest BCUT2D eigenvalue weighted by Crippen LogP contribution is -2.49. The first kappa shape index (κ1) is 13.4. The van der Waals surface area contributed by atoms with Crippen molar-refractivity contribution < 1.29 is 9.13 Å². The molecule has 2 rings (SSSR count). The van der Waals surface area contributed by atoms with Crippen LogP contribution >= 0.6 is 11.6 Å². The standard InChI is InChI=1S/C13H18ClFN2O/c1-3-9-7-18-8(2)6-17(9)13-11(16)5-4-10(14)12(13)15/h4-5,8-9H,3,6-7,16H2,1-2H3. The van der Waals surface area contributed by atoms with Crippen molar-refractivity contribution in [3.8, 4) is 0 Å². The van der Waals surface area contributed by atoms with Crippen LogP contribution in [0.1, 0.15) is 20.3 Å². The summed E-state index contributed by atoms with van der Waals surface area (Å²) in [5, 5.41) is 0.105. The van der Waals surface area contributed by atoms with Gasteiger partial charge >= 0.3 is 0 Å². The van der Waals surface area contributed by atoms with E-state index in [4.69, 9.17) is 22.1 Å². The highest BCUT2D eigenvalue weighted by molar-refractivity contribution is 6.31. The third-order valence-corrected chi connectivity index (χ3v) is 3.62. The van der Waals surface area contributed by atoms with Gasteiger partial charge in [-0.2, -0.15) is 0 Å². The largest absolute Gasteiger partial charge is 0.397 e. The lowest BCUT2D eigenvalue weighted by molar-refractivity contribution is 0.0297. The van der Waals surface area contributed by atoms with Crippen LogP contribution in [0.3, 0.4) is 0 Å². The van der Waals surface area contributed by atoms with Gasteiger partial charge in [-0.05, 0) is 25.5 Å². The number of ether oxygens (including phenoxy) is 1. The highest BCUT2D eigenvalue weighted by Gasteiger charge is 2.29. The van der Waals surface area contributed by atoms with Crippen LogP contribution in [0.4, 0.5) is 15.8 Å². The van der Waals surface area contributed by atoms with Crippen LogP contribution in [0.2, 0.25) is 5.02 Å². The molecular formula is C13H18ClFN2O. The average Bonchev–Trinajstić information content (AvgIpc) is 2.35. The quantitative estimate of drug-likeness (QED) is 0.841. The van der Waals surface area contributed by atoms with Crippen molar-refractivity contribution in [2.45, 2.75) is 32.4 Å². The molecule has 100 valence electrons. The predicted octanol–water partition coefficient (Wildman–Crippen LogP) is 3.07. The summed E-state index contributed by atoms with van der Waals surface area (Å²) in [6.45, 7) is 5.23. The first-order valence-electron chi connectivity index (χ1n) is 6.16. The van der Waals surface area contributed by atoms with Crippen LogP contribution in [0, 0.1) is 5.82 Å². The van der Waals surface area contributed by atoms with Gasteiger partial charge in [0.05, 0.1) is 35.2 Å². The SMILES string of the molecule is CCC1COC(C)CN1c1c(N)ccc(Cl)c1F. The van der Waals surface area contributed by atoms with Crippen molar-refractivity contribution in [3.63, 3.8) is 0 Å². The number of rotatable bonds is 2. The highest BCUT2D eigenvalue weighted by atomic mass is 35.5. The molecule has 0 aromatic heterocycles. The number of hydrogen-bond donors (Lipinski definition) is 1. The molecule has 3 nitrogen and oxygen atoms in total.